The van der Waals surface area contributed by atoms with Crippen LogP contribution in [0.25, 0.3) is 6.08 Å². The van der Waals surface area contributed by atoms with Crippen molar-refractivity contribution < 1.29 is 13.3 Å². The van der Waals surface area contributed by atoms with Gasteiger partial charge in [-0.25, -0.2) is 8.42 Å². The van der Waals surface area contributed by atoms with Crippen LogP contribution in [0.15, 0.2) is 64.9 Å². The average molecular weight is 289 g/mol. The second kappa shape index (κ2) is 5.66. The first kappa shape index (κ1) is 14.0. The van der Waals surface area contributed by atoms with E-state index in [1.165, 1.54) is 24.3 Å². The molecule has 2 aromatic rings. The number of hydrogen-bond donors (Lipinski definition) is 0. The summed E-state index contributed by atoms with van der Waals surface area (Å²) in [5, 5.41) is 11.7. The molecule has 5 nitrogen and oxygen atoms in total. The molecule has 0 aliphatic heterocycles. The molecule has 2 aromatic carbocycles. The van der Waals surface area contributed by atoms with E-state index in [0.29, 0.717) is 0 Å². The molecule has 0 radical (unpaired) electrons. The third-order valence-corrected chi connectivity index (χ3v) is 4.00. The molecular formula is C14H11NO4S. The summed E-state index contributed by atoms with van der Waals surface area (Å²) in [5.74, 6) is 0. The third kappa shape index (κ3) is 3.30. The van der Waals surface area contributed by atoms with Gasteiger partial charge >= 0.3 is 0 Å². The summed E-state index contributed by atoms with van der Waals surface area (Å²) in [4.78, 5) is 9.93. The van der Waals surface area contributed by atoms with Gasteiger partial charge in [-0.05, 0) is 17.7 Å². The monoisotopic (exact) mass is 289 g/mol. The maximum Gasteiger partial charge on any atom is 0.270 e. The van der Waals surface area contributed by atoms with Crippen LogP contribution >= 0.6 is 0 Å². The summed E-state index contributed by atoms with van der Waals surface area (Å²) in [6.45, 7) is 0. The molecule has 102 valence electrons. The largest absolute Gasteiger partial charge is 0.270 e. The van der Waals surface area contributed by atoms with E-state index in [-0.39, 0.29) is 10.6 Å². The highest BCUT2D eigenvalue weighted by Gasteiger charge is 2.14. The van der Waals surface area contributed by atoms with Gasteiger partial charge in [0.25, 0.3) is 5.69 Å². The van der Waals surface area contributed by atoms with Crippen LogP contribution in [0.1, 0.15) is 5.56 Å². The highest BCUT2D eigenvalue weighted by molar-refractivity contribution is 7.94. The van der Waals surface area contributed by atoms with Crippen molar-refractivity contribution >= 4 is 21.6 Å². The van der Waals surface area contributed by atoms with E-state index in [9.17, 15) is 18.5 Å². The molecule has 0 unspecified atom stereocenters. The Balaban J connectivity index is 2.34. The lowest BCUT2D eigenvalue weighted by Crippen LogP contribution is -1.97. The van der Waals surface area contributed by atoms with Crippen LogP contribution in [0.4, 0.5) is 5.69 Å². The number of hydrogen-bond acceptors (Lipinski definition) is 4. The van der Waals surface area contributed by atoms with Gasteiger partial charge in [0.05, 0.1) is 9.82 Å². The minimum Gasteiger partial charge on any atom is -0.258 e. The van der Waals surface area contributed by atoms with Crippen LogP contribution in [-0.4, -0.2) is 13.3 Å². The van der Waals surface area contributed by atoms with Crippen molar-refractivity contribution in [3.63, 3.8) is 0 Å². The fourth-order valence-electron chi connectivity index (χ4n) is 1.58. The normalized spacial score (nSPS) is 11.6. The van der Waals surface area contributed by atoms with Gasteiger partial charge in [0.1, 0.15) is 0 Å². The van der Waals surface area contributed by atoms with Crippen LogP contribution in [0.5, 0.6) is 0 Å². The van der Waals surface area contributed by atoms with E-state index in [1.807, 2.05) is 6.07 Å². The molecule has 20 heavy (non-hydrogen) atoms. The highest BCUT2D eigenvalue weighted by atomic mass is 32.2. The zero-order valence-corrected chi connectivity index (χ0v) is 11.2. The van der Waals surface area contributed by atoms with Gasteiger partial charge in [0.2, 0.25) is 0 Å². The van der Waals surface area contributed by atoms with Crippen molar-refractivity contribution in [2.24, 2.45) is 0 Å². The van der Waals surface area contributed by atoms with Gasteiger partial charge in [-0.2, -0.15) is 0 Å². The Morgan fingerprint density at radius 1 is 1.00 bits per heavy atom. The van der Waals surface area contributed by atoms with Crippen molar-refractivity contribution in [3.8, 4) is 0 Å². The summed E-state index contributed by atoms with van der Waals surface area (Å²) in [6, 6.07) is 13.9. The Morgan fingerprint density at radius 2 is 1.70 bits per heavy atom. The molecule has 0 spiro atoms. The minimum atomic E-state index is -3.70. The second-order valence-corrected chi connectivity index (χ2v) is 5.85. The minimum absolute atomic E-state index is 0.0983. The molecule has 0 atom stereocenters. The number of benzene rings is 2. The smallest absolute Gasteiger partial charge is 0.258 e. The van der Waals surface area contributed by atoms with E-state index in [0.717, 1.165) is 17.0 Å². The number of rotatable bonds is 4. The molecule has 0 heterocycles. The van der Waals surface area contributed by atoms with Crippen molar-refractivity contribution in [2.45, 2.75) is 4.90 Å². The van der Waals surface area contributed by atoms with Crippen LogP contribution in [0.2, 0.25) is 0 Å². The molecule has 0 saturated heterocycles. The lowest BCUT2D eigenvalue weighted by molar-refractivity contribution is -0.385. The zero-order chi connectivity index (χ0) is 14.6. The number of nitro groups is 1. The number of nitro benzene ring substituents is 1. The Kier molecular flexibility index (Phi) is 3.95. The Bertz CT molecular complexity index is 752. The van der Waals surface area contributed by atoms with Gasteiger partial charge < -0.3 is 0 Å². The molecule has 0 N–H and O–H groups in total. The third-order valence-electron chi connectivity index (χ3n) is 2.60. The van der Waals surface area contributed by atoms with Crippen LogP contribution in [0.3, 0.4) is 0 Å². The van der Waals surface area contributed by atoms with Crippen LogP contribution < -0.4 is 0 Å². The van der Waals surface area contributed by atoms with Crippen molar-refractivity contribution in [1.29, 1.82) is 0 Å². The van der Waals surface area contributed by atoms with Gasteiger partial charge in [-0.1, -0.05) is 36.4 Å². The SMILES string of the molecule is O=[N+]([O-])c1cccc(S(=O)(=O)/C=C/c2ccccc2)c1. The number of non-ortho nitro benzene ring substituents is 1. The highest BCUT2D eigenvalue weighted by Crippen LogP contribution is 2.19. The number of nitrogens with zero attached hydrogens (tertiary/aromatic N) is 1. The summed E-state index contributed by atoms with van der Waals surface area (Å²) in [5.41, 5.74) is 0.487. The Labute approximate surface area is 116 Å². The molecule has 6 heteroatoms. The van der Waals surface area contributed by atoms with Gasteiger partial charge in [0.15, 0.2) is 9.84 Å². The quantitative estimate of drug-likeness (QED) is 0.640. The fraction of sp³-hybridized carbons (Fsp3) is 0. The molecule has 0 amide bonds. The average Bonchev–Trinajstić information content (AvgIpc) is 2.46. The van der Waals surface area contributed by atoms with Crippen LogP contribution in [0, 0.1) is 10.1 Å². The van der Waals surface area contributed by atoms with E-state index in [2.05, 4.69) is 0 Å². The van der Waals surface area contributed by atoms with E-state index in [1.54, 1.807) is 24.3 Å². The van der Waals surface area contributed by atoms with Crippen LogP contribution in [-0.2, 0) is 9.84 Å². The summed E-state index contributed by atoms with van der Waals surface area (Å²) in [7, 11) is -3.70. The molecule has 0 bridgehead atoms. The van der Waals surface area contributed by atoms with Crippen molar-refractivity contribution in [3.05, 3.63) is 75.7 Å². The van der Waals surface area contributed by atoms with Gasteiger partial charge in [-0.3, -0.25) is 10.1 Å². The van der Waals surface area contributed by atoms with Crippen molar-refractivity contribution in [1.82, 2.24) is 0 Å². The summed E-state index contributed by atoms with van der Waals surface area (Å²) < 4.78 is 24.1. The lowest BCUT2D eigenvalue weighted by atomic mass is 10.2. The van der Waals surface area contributed by atoms with E-state index >= 15 is 0 Å². The van der Waals surface area contributed by atoms with Crippen molar-refractivity contribution in [2.75, 3.05) is 0 Å². The standard InChI is InChI=1S/C14H11NO4S/c16-15(17)13-7-4-8-14(11-13)20(18,19)10-9-12-5-2-1-3-6-12/h1-11H/b10-9+. The Hall–Kier alpha value is -2.47. The molecule has 2 rings (SSSR count). The predicted octanol–water partition coefficient (Wildman–Crippen LogP) is 3.04. The second-order valence-electron chi connectivity index (χ2n) is 4.01. The fourth-order valence-corrected chi connectivity index (χ4v) is 2.63. The maximum absolute atomic E-state index is 12.1. The summed E-state index contributed by atoms with van der Waals surface area (Å²) >= 11 is 0. The maximum atomic E-state index is 12.1. The van der Waals surface area contributed by atoms with Gasteiger partial charge in [-0.15, -0.1) is 0 Å². The molecule has 0 saturated carbocycles. The number of sulfone groups is 1. The lowest BCUT2D eigenvalue weighted by Gasteiger charge is -1.99. The topological polar surface area (TPSA) is 77.3 Å². The zero-order valence-electron chi connectivity index (χ0n) is 10.3. The van der Waals surface area contributed by atoms with E-state index in [4.69, 9.17) is 0 Å². The van der Waals surface area contributed by atoms with E-state index < -0.39 is 14.8 Å². The first-order valence-corrected chi connectivity index (χ1v) is 7.26. The van der Waals surface area contributed by atoms with Gasteiger partial charge in [0, 0.05) is 17.5 Å². The molecule has 0 aliphatic carbocycles. The predicted molar refractivity (Wildman–Crippen MR) is 75.8 cm³/mol. The molecule has 0 aliphatic rings. The Morgan fingerprint density at radius 3 is 2.35 bits per heavy atom. The molecule has 0 fully saturated rings. The first-order valence-electron chi connectivity index (χ1n) is 5.72. The molecule has 0 aromatic heterocycles. The molecular weight excluding hydrogens is 278 g/mol. The summed E-state index contributed by atoms with van der Waals surface area (Å²) in [6.07, 6.45) is 1.45. The first-order chi connectivity index (χ1) is 9.49.